The average Bonchev–Trinajstić information content (AvgIpc) is 1.63. The highest BCUT2D eigenvalue weighted by atomic mass is 16.3. The van der Waals surface area contributed by atoms with Crippen LogP contribution in [0.3, 0.4) is 0 Å². The molecule has 0 aromatic heterocycles. The second-order valence-corrected chi connectivity index (χ2v) is 3.09. The molecule has 0 heterocycles. The molecule has 0 amide bonds. The Morgan fingerprint density at radius 1 is 1.44 bits per heavy atom. The van der Waals surface area contributed by atoms with Crippen LogP contribution in [0.1, 0.15) is 20.3 Å². The maximum atomic E-state index is 9.45. The van der Waals surface area contributed by atoms with Gasteiger partial charge in [-0.1, -0.05) is 6.92 Å². The number of nitrogens with zero attached hydrogens (tertiary/aromatic N) is 1. The molecule has 0 aliphatic heterocycles. The van der Waals surface area contributed by atoms with Gasteiger partial charge in [0.05, 0.1) is 5.60 Å². The van der Waals surface area contributed by atoms with Crippen LogP contribution in [0, 0.1) is 0 Å². The topological polar surface area (TPSA) is 23.5 Å². The van der Waals surface area contributed by atoms with Gasteiger partial charge in [0, 0.05) is 6.54 Å². The first kappa shape index (κ1) is 8.92. The molecule has 9 heavy (non-hydrogen) atoms. The molecule has 56 valence electrons. The van der Waals surface area contributed by atoms with Gasteiger partial charge >= 0.3 is 0 Å². The van der Waals surface area contributed by atoms with Crippen LogP contribution in [0.15, 0.2) is 0 Å². The van der Waals surface area contributed by atoms with E-state index in [1.807, 2.05) is 32.8 Å². The van der Waals surface area contributed by atoms with Gasteiger partial charge in [0.15, 0.2) is 0 Å². The van der Waals surface area contributed by atoms with Crippen molar-refractivity contribution in [2.24, 2.45) is 0 Å². The van der Waals surface area contributed by atoms with Crippen molar-refractivity contribution in [3.05, 3.63) is 0 Å². The van der Waals surface area contributed by atoms with Gasteiger partial charge in [-0.25, -0.2) is 0 Å². The molecule has 2 nitrogen and oxygen atoms in total. The molecule has 0 rings (SSSR count). The summed E-state index contributed by atoms with van der Waals surface area (Å²) in [4.78, 5) is 1.99. The Balaban J connectivity index is 3.58. The average molecular weight is 131 g/mol. The van der Waals surface area contributed by atoms with Crippen molar-refractivity contribution < 1.29 is 5.11 Å². The minimum atomic E-state index is -0.510. The van der Waals surface area contributed by atoms with E-state index in [9.17, 15) is 5.11 Å². The lowest BCUT2D eigenvalue weighted by Crippen LogP contribution is -2.36. The predicted octanol–water partition coefficient (Wildman–Crippen LogP) is 0.709. The van der Waals surface area contributed by atoms with E-state index in [-0.39, 0.29) is 0 Å². The van der Waals surface area contributed by atoms with Crippen LogP contribution < -0.4 is 0 Å². The monoisotopic (exact) mass is 131 g/mol. The quantitative estimate of drug-likeness (QED) is 0.609. The van der Waals surface area contributed by atoms with Crippen LogP contribution >= 0.6 is 0 Å². The third kappa shape index (κ3) is 4.43. The molecular weight excluding hydrogens is 114 g/mol. The lowest BCUT2D eigenvalue weighted by Gasteiger charge is -2.24. The molecule has 1 N–H and O–H groups in total. The summed E-state index contributed by atoms with van der Waals surface area (Å²) < 4.78 is 0. The third-order valence-electron chi connectivity index (χ3n) is 1.42. The minimum Gasteiger partial charge on any atom is -0.389 e. The SMILES string of the molecule is CCC(C)(O)CN(C)C. The first-order valence-electron chi connectivity index (χ1n) is 3.35. The minimum absolute atomic E-state index is 0.510. The summed E-state index contributed by atoms with van der Waals surface area (Å²) in [5.74, 6) is 0. The Morgan fingerprint density at radius 2 is 1.89 bits per heavy atom. The number of hydrogen-bond acceptors (Lipinski definition) is 2. The summed E-state index contributed by atoms with van der Waals surface area (Å²) in [6.45, 7) is 4.58. The molecule has 0 aliphatic carbocycles. The largest absolute Gasteiger partial charge is 0.389 e. The van der Waals surface area contributed by atoms with Gasteiger partial charge in [0.25, 0.3) is 0 Å². The van der Waals surface area contributed by atoms with Crippen LogP contribution in [-0.2, 0) is 0 Å². The molecule has 0 bridgehead atoms. The molecule has 0 aliphatic rings. The maximum Gasteiger partial charge on any atom is 0.0743 e. The molecule has 0 aromatic rings. The van der Waals surface area contributed by atoms with Crippen molar-refractivity contribution in [1.82, 2.24) is 4.90 Å². The van der Waals surface area contributed by atoms with Crippen LogP contribution in [-0.4, -0.2) is 36.2 Å². The molecule has 2 heteroatoms. The summed E-state index contributed by atoms with van der Waals surface area (Å²) in [6.07, 6.45) is 0.811. The molecular formula is C7H17NO. The molecule has 1 unspecified atom stereocenters. The van der Waals surface area contributed by atoms with Gasteiger partial charge in [0.1, 0.15) is 0 Å². The fourth-order valence-corrected chi connectivity index (χ4v) is 0.793. The summed E-state index contributed by atoms with van der Waals surface area (Å²) in [5, 5.41) is 9.45. The van der Waals surface area contributed by atoms with Gasteiger partial charge in [-0.05, 0) is 27.4 Å². The Kier molecular flexibility index (Phi) is 3.15. The summed E-state index contributed by atoms with van der Waals surface area (Å²) in [6, 6.07) is 0. The first-order valence-corrected chi connectivity index (χ1v) is 3.35. The Morgan fingerprint density at radius 3 is 2.00 bits per heavy atom. The van der Waals surface area contributed by atoms with E-state index in [0.29, 0.717) is 0 Å². The van der Waals surface area contributed by atoms with Crippen LogP contribution in [0.4, 0.5) is 0 Å². The Labute approximate surface area is 57.5 Å². The zero-order chi connectivity index (χ0) is 7.49. The van der Waals surface area contributed by atoms with Crippen molar-refractivity contribution in [1.29, 1.82) is 0 Å². The third-order valence-corrected chi connectivity index (χ3v) is 1.42. The molecule has 1 atom stereocenters. The van der Waals surface area contributed by atoms with Crippen molar-refractivity contribution in [3.63, 3.8) is 0 Å². The van der Waals surface area contributed by atoms with E-state index in [4.69, 9.17) is 0 Å². The van der Waals surface area contributed by atoms with Gasteiger partial charge < -0.3 is 10.0 Å². The summed E-state index contributed by atoms with van der Waals surface area (Å²) in [5.41, 5.74) is -0.510. The van der Waals surface area contributed by atoms with Crippen LogP contribution in [0.2, 0.25) is 0 Å². The van der Waals surface area contributed by atoms with Gasteiger partial charge in [0.2, 0.25) is 0 Å². The highest BCUT2D eigenvalue weighted by Gasteiger charge is 2.17. The maximum absolute atomic E-state index is 9.45. The lowest BCUT2D eigenvalue weighted by atomic mass is 10.0. The molecule has 0 radical (unpaired) electrons. The molecule has 0 saturated heterocycles. The molecule has 0 spiro atoms. The van der Waals surface area contributed by atoms with Crippen LogP contribution in [0.5, 0.6) is 0 Å². The fraction of sp³-hybridized carbons (Fsp3) is 1.00. The van der Waals surface area contributed by atoms with Crippen LogP contribution in [0.25, 0.3) is 0 Å². The van der Waals surface area contributed by atoms with Crippen molar-refractivity contribution >= 4 is 0 Å². The fourth-order valence-electron chi connectivity index (χ4n) is 0.793. The zero-order valence-electron chi connectivity index (χ0n) is 6.81. The van der Waals surface area contributed by atoms with E-state index in [1.54, 1.807) is 0 Å². The number of likely N-dealkylation sites (N-methyl/N-ethyl adjacent to an activating group) is 1. The van der Waals surface area contributed by atoms with Gasteiger partial charge in [-0.15, -0.1) is 0 Å². The van der Waals surface area contributed by atoms with Crippen molar-refractivity contribution in [2.45, 2.75) is 25.9 Å². The van der Waals surface area contributed by atoms with E-state index < -0.39 is 5.60 Å². The highest BCUT2D eigenvalue weighted by molar-refractivity contribution is 4.72. The smallest absolute Gasteiger partial charge is 0.0743 e. The van der Waals surface area contributed by atoms with E-state index >= 15 is 0 Å². The zero-order valence-corrected chi connectivity index (χ0v) is 6.81. The number of rotatable bonds is 3. The lowest BCUT2D eigenvalue weighted by molar-refractivity contribution is 0.0301. The van der Waals surface area contributed by atoms with E-state index in [2.05, 4.69) is 0 Å². The van der Waals surface area contributed by atoms with E-state index in [1.165, 1.54) is 0 Å². The predicted molar refractivity (Wildman–Crippen MR) is 39.5 cm³/mol. The molecule has 0 fully saturated rings. The first-order chi connectivity index (χ1) is 3.98. The second kappa shape index (κ2) is 3.18. The summed E-state index contributed by atoms with van der Waals surface area (Å²) >= 11 is 0. The number of hydrogen-bond donors (Lipinski definition) is 1. The highest BCUT2D eigenvalue weighted by Crippen LogP contribution is 2.07. The Hall–Kier alpha value is -0.0800. The van der Waals surface area contributed by atoms with Crippen molar-refractivity contribution in [2.75, 3.05) is 20.6 Å². The Bertz CT molecular complexity index is 79.0. The van der Waals surface area contributed by atoms with Gasteiger partial charge in [-0.3, -0.25) is 0 Å². The summed E-state index contributed by atoms with van der Waals surface area (Å²) in [7, 11) is 3.92. The molecule has 0 aromatic carbocycles. The van der Waals surface area contributed by atoms with Crippen molar-refractivity contribution in [3.8, 4) is 0 Å². The standard InChI is InChI=1S/C7H17NO/c1-5-7(2,9)6-8(3)4/h9H,5-6H2,1-4H3. The van der Waals surface area contributed by atoms with E-state index in [0.717, 1.165) is 13.0 Å². The molecule has 0 saturated carbocycles. The van der Waals surface area contributed by atoms with Gasteiger partial charge in [-0.2, -0.15) is 0 Å². The number of aliphatic hydroxyl groups is 1. The normalized spacial score (nSPS) is 18.0. The second-order valence-electron chi connectivity index (χ2n) is 3.09.